The standard InChI is InChI=1S/C48H67N7O6S3/c1-32-27-40(64(49,60)61)22-23-41(32)52-37(30-62-39-15-11-10-12-16-39)24-26-54(7)25-14-9-8-13-17-43(57)53-45(48(4,5)6)47(59)55-29-38(56)28-42(55)46(58)51-33(2)35-18-20-36(21-19-35)44-34(3)50-31-63-44/h10-12,15-16,18-23,27,31,33,37-38,42,45,52,56H,8-9,13-14,17,24-26,28-30H2,1-7H3,(H,51,58)(H,53,57)(H2,49,60,61)/t33-,37+,38+,42-,45+/m0/s1. The lowest BCUT2D eigenvalue weighted by Gasteiger charge is -2.35. The summed E-state index contributed by atoms with van der Waals surface area (Å²) < 4.78 is 23.8. The van der Waals surface area contributed by atoms with Gasteiger partial charge in [-0.3, -0.25) is 14.4 Å². The Balaban J connectivity index is 1.06. The van der Waals surface area contributed by atoms with E-state index in [4.69, 9.17) is 5.14 Å². The molecule has 13 nitrogen and oxygen atoms in total. The number of carbonyl (C=O) groups excluding carboxylic acids is 3. The molecule has 0 unspecified atom stereocenters. The number of anilines is 1. The molecule has 348 valence electrons. The van der Waals surface area contributed by atoms with Crippen molar-refractivity contribution in [2.75, 3.05) is 37.8 Å². The van der Waals surface area contributed by atoms with Crippen LogP contribution in [0.5, 0.6) is 0 Å². The molecule has 0 saturated carbocycles. The highest BCUT2D eigenvalue weighted by molar-refractivity contribution is 7.99. The number of hydrogen-bond donors (Lipinski definition) is 5. The summed E-state index contributed by atoms with van der Waals surface area (Å²) in [6.45, 7) is 13.2. The van der Waals surface area contributed by atoms with Crippen molar-refractivity contribution >= 4 is 56.5 Å². The molecule has 1 fully saturated rings. The number of thiazole rings is 1. The fourth-order valence-electron chi connectivity index (χ4n) is 7.86. The number of thioether (sulfide) groups is 1. The molecule has 2 heterocycles. The van der Waals surface area contributed by atoms with Gasteiger partial charge in [-0.2, -0.15) is 0 Å². The van der Waals surface area contributed by atoms with Crippen LogP contribution in [0.2, 0.25) is 0 Å². The van der Waals surface area contributed by atoms with Crippen molar-refractivity contribution in [3.8, 4) is 10.4 Å². The van der Waals surface area contributed by atoms with Gasteiger partial charge in [0.25, 0.3) is 0 Å². The minimum Gasteiger partial charge on any atom is -0.391 e. The fraction of sp³-hybridized carbons (Fsp3) is 0.500. The molecule has 1 aliphatic heterocycles. The SMILES string of the molecule is Cc1cc(S(N)(=O)=O)ccc1N[C@H](CCN(C)CCCCCCC(=O)N[C@H](C(=O)N1C[C@H](O)C[C@H]1C(=O)N[C@@H](C)c1ccc(-c2scnc2C)cc1)C(C)(C)C)CSc1ccccc1. The molecule has 16 heteroatoms. The summed E-state index contributed by atoms with van der Waals surface area (Å²) in [6, 6.07) is 21.2. The Hall–Kier alpha value is -4.32. The fourth-order valence-corrected chi connectivity index (χ4v) is 10.3. The Morgan fingerprint density at radius 1 is 0.984 bits per heavy atom. The van der Waals surface area contributed by atoms with Crippen LogP contribution in [0.3, 0.4) is 0 Å². The summed E-state index contributed by atoms with van der Waals surface area (Å²) in [7, 11) is -1.67. The number of rotatable bonds is 22. The molecule has 1 aromatic heterocycles. The second-order valence-electron chi connectivity index (χ2n) is 18.1. The molecule has 6 N–H and O–H groups in total. The molecule has 1 saturated heterocycles. The minimum atomic E-state index is -3.79. The molecular weight excluding hydrogens is 867 g/mol. The predicted octanol–water partition coefficient (Wildman–Crippen LogP) is 7.29. The van der Waals surface area contributed by atoms with E-state index in [1.807, 2.05) is 89.5 Å². The van der Waals surface area contributed by atoms with Gasteiger partial charge in [0.05, 0.1) is 33.1 Å². The first kappa shape index (κ1) is 50.7. The molecule has 0 spiro atoms. The summed E-state index contributed by atoms with van der Waals surface area (Å²) in [4.78, 5) is 51.6. The number of aliphatic hydroxyl groups excluding tert-OH is 1. The van der Waals surface area contributed by atoms with Gasteiger partial charge in [-0.1, -0.05) is 76.1 Å². The van der Waals surface area contributed by atoms with Crippen molar-refractivity contribution in [3.63, 3.8) is 0 Å². The largest absolute Gasteiger partial charge is 0.391 e. The van der Waals surface area contributed by atoms with E-state index in [0.717, 1.165) is 77.5 Å². The molecule has 3 aromatic carbocycles. The van der Waals surface area contributed by atoms with E-state index in [0.29, 0.717) is 6.42 Å². The van der Waals surface area contributed by atoms with Crippen molar-refractivity contribution < 1.29 is 27.9 Å². The Bertz CT molecular complexity index is 2270. The lowest BCUT2D eigenvalue weighted by Crippen LogP contribution is -2.57. The van der Waals surface area contributed by atoms with Crippen LogP contribution in [0.1, 0.15) is 95.5 Å². The van der Waals surface area contributed by atoms with Gasteiger partial charge in [-0.25, -0.2) is 18.5 Å². The number of nitrogens with one attached hydrogen (secondary N) is 3. The first-order valence-electron chi connectivity index (χ1n) is 22.1. The lowest BCUT2D eigenvalue weighted by molar-refractivity contribution is -0.144. The number of nitrogens with zero attached hydrogens (tertiary/aromatic N) is 3. The zero-order chi connectivity index (χ0) is 46.6. The third-order valence-corrected chi connectivity index (χ3v) is 14.8. The van der Waals surface area contributed by atoms with Crippen LogP contribution in [0.15, 0.2) is 88.1 Å². The van der Waals surface area contributed by atoms with E-state index in [9.17, 15) is 27.9 Å². The van der Waals surface area contributed by atoms with Gasteiger partial charge < -0.3 is 30.9 Å². The highest BCUT2D eigenvalue weighted by Gasteiger charge is 2.44. The zero-order valence-electron chi connectivity index (χ0n) is 38.3. The third kappa shape index (κ3) is 14.9. The van der Waals surface area contributed by atoms with Crippen LogP contribution in [0, 0.1) is 19.3 Å². The van der Waals surface area contributed by atoms with E-state index in [1.165, 1.54) is 15.9 Å². The number of primary sulfonamides is 1. The van der Waals surface area contributed by atoms with E-state index in [1.54, 1.807) is 35.2 Å². The first-order chi connectivity index (χ1) is 30.3. The van der Waals surface area contributed by atoms with Crippen LogP contribution in [-0.2, 0) is 24.4 Å². The van der Waals surface area contributed by atoms with Gasteiger partial charge in [-0.15, -0.1) is 23.1 Å². The molecule has 0 aliphatic carbocycles. The lowest BCUT2D eigenvalue weighted by atomic mass is 9.85. The van der Waals surface area contributed by atoms with Crippen LogP contribution < -0.4 is 21.1 Å². The quantitative estimate of drug-likeness (QED) is 0.0396. The number of sulfonamides is 1. The first-order valence-corrected chi connectivity index (χ1v) is 25.6. The molecule has 1 aliphatic rings. The van der Waals surface area contributed by atoms with Crippen LogP contribution >= 0.6 is 23.1 Å². The summed E-state index contributed by atoms with van der Waals surface area (Å²) in [5, 5.41) is 25.7. The second-order valence-corrected chi connectivity index (χ2v) is 21.6. The average Bonchev–Trinajstić information content (AvgIpc) is 3.87. The van der Waals surface area contributed by atoms with Crippen molar-refractivity contribution in [3.05, 3.63) is 95.1 Å². The summed E-state index contributed by atoms with van der Waals surface area (Å²) in [6.07, 6.45) is 3.92. The number of likely N-dealkylation sites (tertiary alicyclic amines) is 1. The molecule has 3 amide bonds. The number of aryl methyl sites for hydroxylation is 2. The number of benzene rings is 3. The molecule has 5 atom stereocenters. The molecule has 0 bridgehead atoms. The predicted molar refractivity (Wildman–Crippen MR) is 259 cm³/mol. The van der Waals surface area contributed by atoms with Crippen LogP contribution in [0.25, 0.3) is 10.4 Å². The maximum absolute atomic E-state index is 14.1. The van der Waals surface area contributed by atoms with E-state index >= 15 is 0 Å². The van der Waals surface area contributed by atoms with Gasteiger partial charge in [0.15, 0.2) is 0 Å². The van der Waals surface area contributed by atoms with Gasteiger partial charge in [0, 0.05) is 41.8 Å². The van der Waals surface area contributed by atoms with Crippen molar-refractivity contribution in [1.82, 2.24) is 25.4 Å². The number of nitrogens with two attached hydrogens (primary N) is 1. The molecule has 0 radical (unpaired) electrons. The monoisotopic (exact) mass is 933 g/mol. The van der Waals surface area contributed by atoms with Gasteiger partial charge in [0.1, 0.15) is 12.1 Å². The number of carbonyl (C=O) groups is 3. The maximum Gasteiger partial charge on any atom is 0.246 e. The molecule has 5 rings (SSSR count). The third-order valence-electron chi connectivity index (χ3n) is 11.7. The smallest absolute Gasteiger partial charge is 0.246 e. The maximum atomic E-state index is 14.1. The molecule has 4 aromatic rings. The number of unbranched alkanes of at least 4 members (excludes halogenated alkanes) is 3. The number of amides is 3. The molecular formula is C48H67N7O6S3. The zero-order valence-corrected chi connectivity index (χ0v) is 40.8. The Morgan fingerprint density at radius 2 is 1.69 bits per heavy atom. The van der Waals surface area contributed by atoms with E-state index < -0.39 is 33.6 Å². The van der Waals surface area contributed by atoms with Crippen molar-refractivity contribution in [2.24, 2.45) is 10.6 Å². The minimum absolute atomic E-state index is 0.0197. The van der Waals surface area contributed by atoms with Crippen molar-refractivity contribution in [1.29, 1.82) is 0 Å². The van der Waals surface area contributed by atoms with Crippen molar-refractivity contribution in [2.45, 2.75) is 127 Å². The summed E-state index contributed by atoms with van der Waals surface area (Å²) in [5.74, 6) is -0.0899. The molecule has 64 heavy (non-hydrogen) atoms. The normalized spacial score (nSPS) is 16.9. The topological polar surface area (TPSA) is 187 Å². The highest BCUT2D eigenvalue weighted by atomic mass is 32.2. The Morgan fingerprint density at radius 3 is 2.33 bits per heavy atom. The Labute approximate surface area is 388 Å². The van der Waals surface area contributed by atoms with E-state index in [-0.39, 0.29) is 54.1 Å². The van der Waals surface area contributed by atoms with E-state index in [2.05, 4.69) is 45.0 Å². The van der Waals surface area contributed by atoms with Gasteiger partial charge >= 0.3 is 0 Å². The summed E-state index contributed by atoms with van der Waals surface area (Å²) >= 11 is 3.36. The number of β-amino-alcohol motifs (C(OH)–C–C–N with tert-alkyl or cyclic N) is 1. The van der Waals surface area contributed by atoms with Gasteiger partial charge in [-0.05, 0) is 113 Å². The average molecular weight is 934 g/mol. The number of aliphatic hydroxyl groups is 1. The van der Waals surface area contributed by atoms with Gasteiger partial charge in [0.2, 0.25) is 27.7 Å². The second kappa shape index (κ2) is 23.2. The van der Waals surface area contributed by atoms with Crippen LogP contribution in [-0.4, -0.2) is 103 Å². The number of aromatic nitrogens is 1. The summed E-state index contributed by atoms with van der Waals surface area (Å²) in [5.41, 5.74) is 5.83. The number of hydrogen-bond acceptors (Lipinski definition) is 11. The highest BCUT2D eigenvalue weighted by Crippen LogP contribution is 2.30. The Kier molecular flexibility index (Phi) is 18.4. The van der Waals surface area contributed by atoms with Crippen LogP contribution in [0.4, 0.5) is 5.69 Å².